The second kappa shape index (κ2) is 17.9. The second-order valence-corrected chi connectivity index (χ2v) is 24.6. The van der Waals surface area contributed by atoms with Crippen molar-refractivity contribution in [2.45, 2.75) is 128 Å². The summed E-state index contributed by atoms with van der Waals surface area (Å²) in [5, 5.41) is 0. The maximum atomic E-state index is 14.6. The Hall–Kier alpha value is -1.67. The van der Waals surface area contributed by atoms with Gasteiger partial charge in [0.25, 0.3) is 0 Å². The largest absolute Gasteiger partial charge is 0.492 e. The van der Waals surface area contributed by atoms with Gasteiger partial charge >= 0.3 is 0 Å². The van der Waals surface area contributed by atoms with E-state index in [0.717, 1.165) is 42.9 Å². The van der Waals surface area contributed by atoms with Gasteiger partial charge in [-0.05, 0) is 43.2 Å². The zero-order valence-corrected chi connectivity index (χ0v) is 27.9. The van der Waals surface area contributed by atoms with E-state index in [9.17, 15) is 4.39 Å². The van der Waals surface area contributed by atoms with Crippen LogP contribution in [-0.4, -0.2) is 34.3 Å². The van der Waals surface area contributed by atoms with Crippen molar-refractivity contribution >= 4 is 16.1 Å². The molecule has 0 bridgehead atoms. The van der Waals surface area contributed by atoms with E-state index >= 15 is 0 Å². The van der Waals surface area contributed by atoms with Gasteiger partial charge in [0.1, 0.15) is 5.75 Å². The van der Waals surface area contributed by atoms with E-state index in [1.165, 1.54) is 69.9 Å². The van der Waals surface area contributed by atoms with Gasteiger partial charge in [0.2, 0.25) is 0 Å². The van der Waals surface area contributed by atoms with Crippen LogP contribution in [0.4, 0.5) is 4.39 Å². The first kappa shape index (κ1) is 33.5. The van der Waals surface area contributed by atoms with Crippen LogP contribution in [0.5, 0.6) is 11.5 Å². The number of hydrogen-bond donors (Lipinski definition) is 0. The molecule has 0 radical (unpaired) electrons. The molecule has 39 heavy (non-hydrogen) atoms. The molecule has 0 saturated carbocycles. The minimum Gasteiger partial charge on any atom is -0.492 e. The summed E-state index contributed by atoms with van der Waals surface area (Å²) in [7, 11) is -1.91. The number of benzene rings is 1. The fourth-order valence-electron chi connectivity index (χ4n) is 5.60. The van der Waals surface area contributed by atoms with Crippen LogP contribution in [0.3, 0.4) is 0 Å². The van der Waals surface area contributed by atoms with Crippen molar-refractivity contribution < 1.29 is 13.9 Å². The number of aromatic nitrogens is 1. The lowest BCUT2D eigenvalue weighted by Gasteiger charge is -2.29. The van der Waals surface area contributed by atoms with Crippen LogP contribution in [0, 0.1) is 5.82 Å². The van der Waals surface area contributed by atoms with E-state index in [-0.39, 0.29) is 5.82 Å². The van der Waals surface area contributed by atoms with Gasteiger partial charge in [-0.25, -0.2) is 4.39 Å². The van der Waals surface area contributed by atoms with Crippen LogP contribution in [-0.2, 0) is 0 Å². The summed E-state index contributed by atoms with van der Waals surface area (Å²) in [5.74, 6) is 0.755. The summed E-state index contributed by atoms with van der Waals surface area (Å²) in [6, 6.07) is 10.4. The third-order valence-corrected chi connectivity index (χ3v) is 17.0. The van der Waals surface area contributed by atoms with Crippen molar-refractivity contribution in [2.24, 2.45) is 0 Å². The Morgan fingerprint density at radius 2 is 1.33 bits per heavy atom. The van der Waals surface area contributed by atoms with E-state index in [1.54, 1.807) is 17.9 Å². The maximum Gasteiger partial charge on any atom is 0.165 e. The van der Waals surface area contributed by atoms with E-state index in [1.807, 2.05) is 18.2 Å². The number of ether oxygens (including phenoxy) is 2. The first-order chi connectivity index (χ1) is 18.6. The minimum atomic E-state index is -0.988. The van der Waals surface area contributed by atoms with Crippen LogP contribution in [0.2, 0.25) is 44.4 Å². The number of unbranched alkanes of at least 4 members (excludes halogenated alkanes) is 10. The average molecular weight is 574 g/mol. The number of halogens is 1. The Balaban J connectivity index is 1.60. The SMILES string of the molecule is CCCCCCCCOc1ccc(-c2ccc(OCCCCCCCC[Si](C)(C)C[Si](C)(C)C)cn2)cc1F. The molecule has 1 aromatic carbocycles. The Labute approximate surface area is 241 Å². The highest BCUT2D eigenvalue weighted by molar-refractivity contribution is 6.94. The van der Waals surface area contributed by atoms with Crippen LogP contribution in [0.25, 0.3) is 11.3 Å². The van der Waals surface area contributed by atoms with Gasteiger partial charge in [-0.15, -0.1) is 0 Å². The Morgan fingerprint density at radius 3 is 1.92 bits per heavy atom. The lowest BCUT2D eigenvalue weighted by atomic mass is 10.1. The first-order valence-electron chi connectivity index (χ1n) is 15.6. The number of hydrogen-bond acceptors (Lipinski definition) is 3. The molecule has 0 amide bonds. The van der Waals surface area contributed by atoms with Gasteiger partial charge in [0.05, 0.1) is 25.1 Å². The van der Waals surface area contributed by atoms with Crippen molar-refractivity contribution in [1.29, 1.82) is 0 Å². The molecule has 1 heterocycles. The molecule has 0 unspecified atom stereocenters. The summed E-state index contributed by atoms with van der Waals surface area (Å²) in [4.78, 5) is 4.49. The lowest BCUT2D eigenvalue weighted by molar-refractivity contribution is 0.290. The summed E-state index contributed by atoms with van der Waals surface area (Å²) in [5.41, 5.74) is 3.04. The molecule has 0 aliphatic carbocycles. The minimum absolute atomic E-state index is 0.319. The summed E-state index contributed by atoms with van der Waals surface area (Å²) in [6.45, 7) is 16.2. The molecule has 2 rings (SSSR count). The Morgan fingerprint density at radius 1 is 0.718 bits per heavy atom. The zero-order valence-electron chi connectivity index (χ0n) is 25.9. The van der Waals surface area contributed by atoms with Crippen LogP contribution >= 0.6 is 0 Å². The fourth-order valence-corrected chi connectivity index (χ4v) is 19.0. The fraction of sp³-hybridized carbons (Fsp3) is 0.667. The van der Waals surface area contributed by atoms with Gasteiger partial charge in [-0.3, -0.25) is 4.98 Å². The molecule has 0 saturated heterocycles. The maximum absolute atomic E-state index is 14.6. The molecule has 3 nitrogen and oxygen atoms in total. The lowest BCUT2D eigenvalue weighted by Crippen LogP contribution is -2.37. The van der Waals surface area contributed by atoms with E-state index in [2.05, 4.69) is 44.6 Å². The highest BCUT2D eigenvalue weighted by Crippen LogP contribution is 2.27. The van der Waals surface area contributed by atoms with Crippen LogP contribution in [0.1, 0.15) is 84.0 Å². The predicted molar refractivity (Wildman–Crippen MR) is 172 cm³/mol. The topological polar surface area (TPSA) is 31.4 Å². The smallest absolute Gasteiger partial charge is 0.165 e. The quantitative estimate of drug-likeness (QED) is 0.110. The Bertz CT molecular complexity index is 928. The van der Waals surface area contributed by atoms with Crippen molar-refractivity contribution in [3.05, 3.63) is 42.3 Å². The van der Waals surface area contributed by atoms with Gasteiger partial charge in [0, 0.05) is 21.7 Å². The van der Waals surface area contributed by atoms with Crippen LogP contribution in [0.15, 0.2) is 36.5 Å². The molecule has 6 heteroatoms. The molecule has 0 aliphatic rings. The molecule has 220 valence electrons. The number of pyridine rings is 1. The van der Waals surface area contributed by atoms with Crippen molar-refractivity contribution in [2.75, 3.05) is 13.2 Å². The molecule has 0 aliphatic heterocycles. The van der Waals surface area contributed by atoms with Gasteiger partial charge in [-0.1, -0.05) is 116 Å². The third kappa shape index (κ3) is 15.1. The third-order valence-electron chi connectivity index (χ3n) is 7.24. The van der Waals surface area contributed by atoms with Gasteiger partial charge < -0.3 is 9.47 Å². The molecular formula is C33H56FNO2Si2. The van der Waals surface area contributed by atoms with Crippen molar-refractivity contribution in [1.82, 2.24) is 4.98 Å². The number of nitrogens with zero attached hydrogens (tertiary/aromatic N) is 1. The number of rotatable bonds is 21. The molecule has 0 atom stereocenters. The molecule has 0 N–H and O–H groups in total. The molecule has 0 spiro atoms. The molecule has 2 aromatic rings. The highest BCUT2D eigenvalue weighted by atomic mass is 28.4. The van der Waals surface area contributed by atoms with Gasteiger partial charge in [-0.2, -0.15) is 0 Å². The zero-order chi connectivity index (χ0) is 28.6. The van der Waals surface area contributed by atoms with E-state index in [0.29, 0.717) is 12.4 Å². The monoisotopic (exact) mass is 573 g/mol. The summed E-state index contributed by atoms with van der Waals surface area (Å²) < 4.78 is 26.1. The van der Waals surface area contributed by atoms with E-state index < -0.39 is 16.1 Å². The standard InChI is InChI=1S/C33H56FNO2Si2/c1-7-8-9-10-13-17-24-37-33-22-19-29(26-31(33)34)32-21-20-30(27-35-32)36-23-16-14-11-12-15-18-25-39(5,6)28-38(2,3)4/h19-22,26-27H,7-18,23-25,28H2,1-6H3. The van der Waals surface area contributed by atoms with E-state index in [4.69, 9.17) is 9.47 Å². The second-order valence-electron chi connectivity index (χ2n) is 13.3. The normalized spacial score (nSPS) is 12.1. The van der Waals surface area contributed by atoms with Gasteiger partial charge in [0.15, 0.2) is 11.6 Å². The Kier molecular flexibility index (Phi) is 15.4. The predicted octanol–water partition coefficient (Wildman–Crippen LogP) is 10.9. The van der Waals surface area contributed by atoms with Crippen molar-refractivity contribution in [3.8, 4) is 22.8 Å². The average Bonchev–Trinajstić information content (AvgIpc) is 2.87. The molecule has 0 fully saturated rings. The highest BCUT2D eigenvalue weighted by Gasteiger charge is 2.27. The molecular weight excluding hydrogens is 518 g/mol. The molecule has 1 aromatic heterocycles. The van der Waals surface area contributed by atoms with Crippen LogP contribution < -0.4 is 9.47 Å². The first-order valence-corrected chi connectivity index (χ1v) is 22.7. The summed E-state index contributed by atoms with van der Waals surface area (Å²) >= 11 is 0. The van der Waals surface area contributed by atoms with Crippen molar-refractivity contribution in [3.63, 3.8) is 0 Å². The summed E-state index contributed by atoms with van der Waals surface area (Å²) in [6.07, 6.45) is 16.6.